The van der Waals surface area contributed by atoms with Crippen molar-refractivity contribution in [3.8, 4) is 11.1 Å². The Hall–Kier alpha value is -2.75. The molecule has 0 saturated carbocycles. The van der Waals surface area contributed by atoms with Crippen LogP contribution in [0.3, 0.4) is 0 Å². The first kappa shape index (κ1) is 18.6. The van der Waals surface area contributed by atoms with Crippen molar-refractivity contribution >= 4 is 5.97 Å². The first-order valence-electron chi connectivity index (χ1n) is 8.65. The van der Waals surface area contributed by atoms with Crippen LogP contribution >= 0.6 is 0 Å². The average molecular weight is 336 g/mol. The highest BCUT2D eigenvalue weighted by molar-refractivity contribution is 5.80. The third-order valence-corrected chi connectivity index (χ3v) is 3.84. The first-order chi connectivity index (χ1) is 12.2. The number of aliphatic carboxylic acids is 1. The van der Waals surface area contributed by atoms with Crippen LogP contribution in [0.4, 0.5) is 0 Å². The van der Waals surface area contributed by atoms with Crippen molar-refractivity contribution in [1.29, 1.82) is 0 Å². The van der Waals surface area contributed by atoms with Crippen LogP contribution in [-0.2, 0) is 17.6 Å². The van der Waals surface area contributed by atoms with E-state index < -0.39 is 5.97 Å². The Morgan fingerprint density at radius 1 is 1.04 bits per heavy atom. The standard InChI is InChI=1S/C21H24N2O2/c1-2-3-5-9-20-22-15-19(16-23-20)18-13-11-17(12-14-18)8-6-4-7-10-21(24)25/h4,6-7,10-16H,2-3,5,8-9H2,1H3,(H,24,25)/b6-4+,10-7+. The molecule has 0 spiro atoms. The maximum Gasteiger partial charge on any atom is 0.328 e. The van der Waals surface area contributed by atoms with E-state index in [1.165, 1.54) is 24.5 Å². The van der Waals surface area contributed by atoms with Crippen molar-refractivity contribution in [2.24, 2.45) is 0 Å². The highest BCUT2D eigenvalue weighted by Crippen LogP contribution is 2.18. The van der Waals surface area contributed by atoms with E-state index in [1.54, 1.807) is 6.08 Å². The number of carboxylic acid groups (broad SMARTS) is 1. The fraction of sp³-hybridized carbons (Fsp3) is 0.286. The van der Waals surface area contributed by atoms with E-state index in [9.17, 15) is 4.79 Å². The summed E-state index contributed by atoms with van der Waals surface area (Å²) in [7, 11) is 0. The lowest BCUT2D eigenvalue weighted by atomic mass is 10.0. The molecular formula is C21H24N2O2. The number of hydrogen-bond donors (Lipinski definition) is 1. The molecule has 1 aromatic heterocycles. The molecule has 130 valence electrons. The SMILES string of the molecule is CCCCCc1ncc(-c2ccc(C/C=C/C=C/C(=O)O)cc2)cn1. The molecule has 2 aromatic rings. The summed E-state index contributed by atoms with van der Waals surface area (Å²) in [5.74, 6) is -0.0269. The van der Waals surface area contributed by atoms with E-state index >= 15 is 0 Å². The predicted octanol–water partition coefficient (Wildman–Crippen LogP) is 4.62. The summed E-state index contributed by atoms with van der Waals surface area (Å²) < 4.78 is 0. The smallest absolute Gasteiger partial charge is 0.328 e. The normalized spacial score (nSPS) is 11.4. The maximum atomic E-state index is 10.4. The molecule has 4 nitrogen and oxygen atoms in total. The maximum absolute atomic E-state index is 10.4. The van der Waals surface area contributed by atoms with Gasteiger partial charge in [0.05, 0.1) is 0 Å². The van der Waals surface area contributed by atoms with Gasteiger partial charge < -0.3 is 5.11 Å². The Balaban J connectivity index is 1.91. The molecule has 0 unspecified atom stereocenters. The summed E-state index contributed by atoms with van der Waals surface area (Å²) >= 11 is 0. The number of carbonyl (C=O) groups is 1. The van der Waals surface area contributed by atoms with Crippen LogP contribution in [0.25, 0.3) is 11.1 Å². The second-order valence-electron chi connectivity index (χ2n) is 5.87. The number of allylic oxidation sites excluding steroid dienone is 3. The second-order valence-corrected chi connectivity index (χ2v) is 5.87. The molecule has 4 heteroatoms. The van der Waals surface area contributed by atoms with Gasteiger partial charge in [0.1, 0.15) is 5.82 Å². The zero-order valence-electron chi connectivity index (χ0n) is 14.6. The average Bonchev–Trinajstić information content (AvgIpc) is 2.63. The van der Waals surface area contributed by atoms with Crippen LogP contribution in [0.1, 0.15) is 37.6 Å². The van der Waals surface area contributed by atoms with Gasteiger partial charge in [-0.25, -0.2) is 14.8 Å². The largest absolute Gasteiger partial charge is 0.478 e. The summed E-state index contributed by atoms with van der Waals surface area (Å²) in [5.41, 5.74) is 3.28. The van der Waals surface area contributed by atoms with E-state index in [4.69, 9.17) is 5.11 Å². The third-order valence-electron chi connectivity index (χ3n) is 3.84. The minimum Gasteiger partial charge on any atom is -0.478 e. The van der Waals surface area contributed by atoms with Gasteiger partial charge in [-0.3, -0.25) is 0 Å². The van der Waals surface area contributed by atoms with Gasteiger partial charge in [-0.1, -0.05) is 62.3 Å². The molecule has 1 aromatic carbocycles. The zero-order chi connectivity index (χ0) is 17.9. The summed E-state index contributed by atoms with van der Waals surface area (Å²) in [6, 6.07) is 8.25. The topological polar surface area (TPSA) is 63.1 Å². The number of carboxylic acids is 1. The molecule has 0 atom stereocenters. The van der Waals surface area contributed by atoms with Crippen molar-refractivity contribution in [3.63, 3.8) is 0 Å². The molecule has 0 aliphatic heterocycles. The van der Waals surface area contributed by atoms with Crippen molar-refractivity contribution < 1.29 is 9.90 Å². The molecule has 0 radical (unpaired) electrons. The first-order valence-corrected chi connectivity index (χ1v) is 8.65. The van der Waals surface area contributed by atoms with Crippen molar-refractivity contribution in [1.82, 2.24) is 9.97 Å². The lowest BCUT2D eigenvalue weighted by molar-refractivity contribution is -0.131. The van der Waals surface area contributed by atoms with Crippen LogP contribution in [0.15, 0.2) is 61.0 Å². The van der Waals surface area contributed by atoms with Gasteiger partial charge in [0.2, 0.25) is 0 Å². The summed E-state index contributed by atoms with van der Waals surface area (Å²) in [5, 5.41) is 8.51. The molecule has 25 heavy (non-hydrogen) atoms. The molecule has 0 bridgehead atoms. The molecular weight excluding hydrogens is 312 g/mol. The predicted molar refractivity (Wildman–Crippen MR) is 100 cm³/mol. The van der Waals surface area contributed by atoms with Gasteiger partial charge in [0, 0.05) is 30.5 Å². The number of hydrogen-bond acceptors (Lipinski definition) is 3. The van der Waals surface area contributed by atoms with E-state index in [1.807, 2.05) is 18.5 Å². The lowest BCUT2D eigenvalue weighted by Gasteiger charge is -2.04. The number of aromatic nitrogens is 2. The van der Waals surface area contributed by atoms with Crippen LogP contribution in [0.5, 0.6) is 0 Å². The quantitative estimate of drug-likeness (QED) is 0.412. The van der Waals surface area contributed by atoms with E-state index in [0.29, 0.717) is 0 Å². The zero-order valence-corrected chi connectivity index (χ0v) is 14.6. The number of unbranched alkanes of at least 4 members (excludes halogenated alkanes) is 2. The third kappa shape index (κ3) is 6.71. The molecule has 0 fully saturated rings. The van der Waals surface area contributed by atoms with E-state index in [2.05, 4.69) is 41.2 Å². The van der Waals surface area contributed by atoms with E-state index in [0.717, 1.165) is 42.3 Å². The molecule has 1 N–H and O–H groups in total. The Labute approximate surface area is 149 Å². The van der Waals surface area contributed by atoms with Crippen molar-refractivity contribution in [2.45, 2.75) is 39.0 Å². The Morgan fingerprint density at radius 2 is 1.76 bits per heavy atom. The fourth-order valence-electron chi connectivity index (χ4n) is 2.42. The number of benzene rings is 1. The molecule has 0 aliphatic rings. The number of rotatable bonds is 9. The summed E-state index contributed by atoms with van der Waals surface area (Å²) in [6.07, 6.45) is 15.4. The number of aryl methyl sites for hydroxylation is 1. The van der Waals surface area contributed by atoms with Crippen LogP contribution in [0.2, 0.25) is 0 Å². The highest BCUT2D eigenvalue weighted by atomic mass is 16.4. The molecule has 0 saturated heterocycles. The van der Waals surface area contributed by atoms with Crippen LogP contribution in [-0.4, -0.2) is 21.0 Å². The van der Waals surface area contributed by atoms with Gasteiger partial charge in [-0.2, -0.15) is 0 Å². The number of nitrogens with zero attached hydrogens (tertiary/aromatic N) is 2. The Kier molecular flexibility index (Phi) is 7.57. The van der Waals surface area contributed by atoms with Crippen molar-refractivity contribution in [3.05, 3.63) is 72.4 Å². The molecule has 2 rings (SSSR count). The molecule has 0 aliphatic carbocycles. The van der Waals surface area contributed by atoms with Crippen LogP contribution in [0, 0.1) is 0 Å². The monoisotopic (exact) mass is 336 g/mol. The lowest BCUT2D eigenvalue weighted by Crippen LogP contribution is -1.95. The summed E-state index contributed by atoms with van der Waals surface area (Å²) in [4.78, 5) is 19.3. The Morgan fingerprint density at radius 3 is 2.40 bits per heavy atom. The van der Waals surface area contributed by atoms with Gasteiger partial charge >= 0.3 is 5.97 Å². The summed E-state index contributed by atoms with van der Waals surface area (Å²) in [6.45, 7) is 2.19. The van der Waals surface area contributed by atoms with E-state index in [-0.39, 0.29) is 0 Å². The van der Waals surface area contributed by atoms with Crippen LogP contribution < -0.4 is 0 Å². The van der Waals surface area contributed by atoms with Gasteiger partial charge in [0.15, 0.2) is 0 Å². The second kappa shape index (κ2) is 10.2. The van der Waals surface area contributed by atoms with Crippen molar-refractivity contribution in [2.75, 3.05) is 0 Å². The fourth-order valence-corrected chi connectivity index (χ4v) is 2.42. The van der Waals surface area contributed by atoms with Gasteiger partial charge in [-0.05, 0) is 24.0 Å². The van der Waals surface area contributed by atoms with Gasteiger partial charge in [-0.15, -0.1) is 0 Å². The minimum atomic E-state index is -0.937. The minimum absolute atomic E-state index is 0.761. The Bertz CT molecular complexity index is 717. The molecule has 1 heterocycles. The molecule has 0 amide bonds. The highest BCUT2D eigenvalue weighted by Gasteiger charge is 2.01. The van der Waals surface area contributed by atoms with Gasteiger partial charge in [0.25, 0.3) is 0 Å².